The molecule has 2 aromatic rings. The van der Waals surface area contributed by atoms with E-state index in [9.17, 15) is 9.59 Å². The van der Waals surface area contributed by atoms with Crippen LogP contribution in [0.5, 0.6) is 0 Å². The molecule has 0 aliphatic carbocycles. The van der Waals surface area contributed by atoms with Crippen LogP contribution in [-0.4, -0.2) is 47.0 Å². The highest BCUT2D eigenvalue weighted by Crippen LogP contribution is 2.33. The molecule has 3 atom stereocenters. The summed E-state index contributed by atoms with van der Waals surface area (Å²) < 4.78 is 10.8. The van der Waals surface area contributed by atoms with E-state index < -0.39 is 0 Å². The fourth-order valence-electron chi connectivity index (χ4n) is 3.60. The molecule has 2 aliphatic rings. The van der Waals surface area contributed by atoms with E-state index in [1.54, 1.807) is 35.5 Å². The normalized spacial score (nSPS) is 25.4. The monoisotopic (exact) mass is 341 g/mol. The predicted molar refractivity (Wildman–Crippen MR) is 88.9 cm³/mol. The Labute approximate surface area is 145 Å². The van der Waals surface area contributed by atoms with Gasteiger partial charge in [0.2, 0.25) is 5.91 Å². The fourth-order valence-corrected chi connectivity index (χ4v) is 3.60. The van der Waals surface area contributed by atoms with Gasteiger partial charge in [0.1, 0.15) is 6.26 Å². The second kappa shape index (κ2) is 6.68. The maximum absolute atomic E-state index is 12.8. The molecule has 2 amide bonds. The SMILES string of the molecule is O=C(Nc1cccnc1)[C@H]1C[C@H]2OCC[C@H]2N(C(=O)c2ccoc2)C1. The van der Waals surface area contributed by atoms with Gasteiger partial charge in [0, 0.05) is 19.3 Å². The van der Waals surface area contributed by atoms with Gasteiger partial charge in [0.05, 0.1) is 41.8 Å². The van der Waals surface area contributed by atoms with Crippen molar-refractivity contribution >= 4 is 17.5 Å². The summed E-state index contributed by atoms with van der Waals surface area (Å²) in [4.78, 5) is 31.2. The number of piperidine rings is 1. The third-order valence-corrected chi connectivity index (χ3v) is 4.84. The van der Waals surface area contributed by atoms with Crippen LogP contribution in [0, 0.1) is 5.92 Å². The number of hydrogen-bond donors (Lipinski definition) is 1. The minimum Gasteiger partial charge on any atom is -0.472 e. The van der Waals surface area contributed by atoms with E-state index >= 15 is 0 Å². The summed E-state index contributed by atoms with van der Waals surface area (Å²) >= 11 is 0. The number of ether oxygens (including phenoxy) is 1. The second-order valence-corrected chi connectivity index (χ2v) is 6.40. The Morgan fingerprint density at radius 1 is 1.32 bits per heavy atom. The maximum Gasteiger partial charge on any atom is 0.257 e. The number of anilines is 1. The van der Waals surface area contributed by atoms with E-state index in [2.05, 4.69) is 10.3 Å². The van der Waals surface area contributed by atoms with Gasteiger partial charge in [-0.05, 0) is 31.0 Å². The Morgan fingerprint density at radius 3 is 3.00 bits per heavy atom. The number of amides is 2. The van der Waals surface area contributed by atoms with Gasteiger partial charge >= 0.3 is 0 Å². The lowest BCUT2D eigenvalue weighted by Crippen LogP contribution is -2.54. The van der Waals surface area contributed by atoms with E-state index in [0.29, 0.717) is 30.8 Å². The lowest BCUT2D eigenvalue weighted by Gasteiger charge is -2.40. The highest BCUT2D eigenvalue weighted by Gasteiger charge is 2.44. The molecule has 0 aromatic carbocycles. The van der Waals surface area contributed by atoms with E-state index in [1.165, 1.54) is 12.5 Å². The van der Waals surface area contributed by atoms with E-state index in [-0.39, 0.29) is 29.9 Å². The van der Waals surface area contributed by atoms with Crippen LogP contribution in [0.4, 0.5) is 5.69 Å². The van der Waals surface area contributed by atoms with Crippen molar-refractivity contribution in [3.8, 4) is 0 Å². The summed E-state index contributed by atoms with van der Waals surface area (Å²) in [5.41, 5.74) is 1.15. The molecule has 130 valence electrons. The molecule has 4 heterocycles. The molecule has 2 aromatic heterocycles. The van der Waals surface area contributed by atoms with Gasteiger partial charge < -0.3 is 19.4 Å². The summed E-state index contributed by atoms with van der Waals surface area (Å²) in [5, 5.41) is 2.87. The van der Waals surface area contributed by atoms with Crippen LogP contribution >= 0.6 is 0 Å². The zero-order valence-electron chi connectivity index (χ0n) is 13.6. The largest absolute Gasteiger partial charge is 0.472 e. The molecule has 7 nitrogen and oxygen atoms in total. The number of aromatic nitrogens is 1. The first kappa shape index (κ1) is 15.8. The first-order valence-electron chi connectivity index (χ1n) is 8.38. The molecule has 2 fully saturated rings. The summed E-state index contributed by atoms with van der Waals surface area (Å²) in [6.45, 7) is 0.988. The minimum absolute atomic E-state index is 0.0184. The molecule has 2 aliphatic heterocycles. The van der Waals surface area contributed by atoms with Crippen molar-refractivity contribution in [2.24, 2.45) is 5.92 Å². The van der Waals surface area contributed by atoms with Crippen LogP contribution in [0.1, 0.15) is 23.2 Å². The molecule has 0 bridgehead atoms. The standard InChI is InChI=1S/C18H19N3O4/c22-17(20-14-2-1-5-19-9-14)13-8-16-15(4-7-25-16)21(10-13)18(23)12-3-6-24-11-12/h1-3,5-6,9,11,13,15-16H,4,7-8,10H2,(H,20,22)/t13-,15+,16+/m0/s1. The van der Waals surface area contributed by atoms with Gasteiger partial charge in [0.25, 0.3) is 5.91 Å². The lowest BCUT2D eigenvalue weighted by molar-refractivity contribution is -0.123. The summed E-state index contributed by atoms with van der Waals surface area (Å²) in [5.74, 6) is -0.560. The number of pyridine rings is 1. The Morgan fingerprint density at radius 2 is 2.24 bits per heavy atom. The predicted octanol–water partition coefficient (Wildman–Crippen LogP) is 1.93. The number of rotatable bonds is 3. The average molecular weight is 341 g/mol. The van der Waals surface area contributed by atoms with Crippen LogP contribution in [0.2, 0.25) is 0 Å². The number of carbonyl (C=O) groups excluding carboxylic acids is 2. The zero-order valence-corrected chi connectivity index (χ0v) is 13.6. The number of furan rings is 1. The Hall–Kier alpha value is -2.67. The maximum atomic E-state index is 12.8. The average Bonchev–Trinajstić information content (AvgIpc) is 3.32. The van der Waals surface area contributed by atoms with Crippen LogP contribution in [0.15, 0.2) is 47.5 Å². The Bertz CT molecular complexity index is 747. The molecule has 0 radical (unpaired) electrons. The molecule has 7 heteroatoms. The van der Waals surface area contributed by atoms with Gasteiger partial charge in [-0.25, -0.2) is 0 Å². The number of nitrogens with zero attached hydrogens (tertiary/aromatic N) is 2. The fraction of sp³-hybridized carbons (Fsp3) is 0.389. The number of fused-ring (bicyclic) bond motifs is 1. The van der Waals surface area contributed by atoms with Crippen LogP contribution < -0.4 is 5.32 Å². The van der Waals surface area contributed by atoms with E-state index in [4.69, 9.17) is 9.15 Å². The third kappa shape index (κ3) is 3.15. The van der Waals surface area contributed by atoms with Gasteiger partial charge in [-0.2, -0.15) is 0 Å². The first-order chi connectivity index (χ1) is 12.2. The Kier molecular flexibility index (Phi) is 4.23. The number of nitrogens with one attached hydrogen (secondary N) is 1. The first-order valence-corrected chi connectivity index (χ1v) is 8.38. The number of hydrogen-bond acceptors (Lipinski definition) is 5. The van der Waals surface area contributed by atoms with Crippen molar-refractivity contribution < 1.29 is 18.7 Å². The van der Waals surface area contributed by atoms with Gasteiger partial charge in [-0.3, -0.25) is 14.6 Å². The highest BCUT2D eigenvalue weighted by molar-refractivity contribution is 5.96. The molecule has 1 N–H and O–H groups in total. The van der Waals surface area contributed by atoms with E-state index in [1.807, 2.05) is 0 Å². The van der Waals surface area contributed by atoms with Crippen molar-refractivity contribution in [3.63, 3.8) is 0 Å². The van der Waals surface area contributed by atoms with Crippen LogP contribution in [-0.2, 0) is 9.53 Å². The molecule has 25 heavy (non-hydrogen) atoms. The molecule has 0 saturated carbocycles. The van der Waals surface area contributed by atoms with Crippen LogP contribution in [0.3, 0.4) is 0 Å². The number of carbonyl (C=O) groups is 2. The van der Waals surface area contributed by atoms with Gasteiger partial charge in [0.15, 0.2) is 0 Å². The zero-order chi connectivity index (χ0) is 17.2. The topological polar surface area (TPSA) is 84.7 Å². The van der Waals surface area contributed by atoms with Crippen molar-refractivity contribution in [2.45, 2.75) is 25.0 Å². The van der Waals surface area contributed by atoms with Crippen LogP contribution in [0.25, 0.3) is 0 Å². The highest BCUT2D eigenvalue weighted by atomic mass is 16.5. The third-order valence-electron chi connectivity index (χ3n) is 4.84. The lowest BCUT2D eigenvalue weighted by atomic mass is 9.89. The van der Waals surface area contributed by atoms with Crippen molar-refractivity contribution in [3.05, 3.63) is 48.7 Å². The van der Waals surface area contributed by atoms with Crippen molar-refractivity contribution in [2.75, 3.05) is 18.5 Å². The second-order valence-electron chi connectivity index (χ2n) is 6.40. The Balaban J connectivity index is 1.52. The van der Waals surface area contributed by atoms with Crippen molar-refractivity contribution in [1.29, 1.82) is 0 Å². The van der Waals surface area contributed by atoms with Gasteiger partial charge in [-0.15, -0.1) is 0 Å². The molecule has 4 rings (SSSR count). The number of likely N-dealkylation sites (tertiary alicyclic amines) is 1. The summed E-state index contributed by atoms with van der Waals surface area (Å²) in [6, 6.07) is 5.22. The minimum atomic E-state index is -0.324. The smallest absolute Gasteiger partial charge is 0.257 e. The molecule has 2 saturated heterocycles. The molecule has 0 unspecified atom stereocenters. The molecular formula is C18H19N3O4. The summed E-state index contributed by atoms with van der Waals surface area (Å²) in [6.07, 6.45) is 7.48. The van der Waals surface area contributed by atoms with E-state index in [0.717, 1.165) is 6.42 Å². The molecule has 0 spiro atoms. The molecular weight excluding hydrogens is 322 g/mol. The quantitative estimate of drug-likeness (QED) is 0.922. The summed E-state index contributed by atoms with van der Waals surface area (Å²) in [7, 11) is 0. The van der Waals surface area contributed by atoms with Crippen molar-refractivity contribution in [1.82, 2.24) is 9.88 Å². The van der Waals surface area contributed by atoms with Gasteiger partial charge in [-0.1, -0.05) is 0 Å².